The zero-order valence-electron chi connectivity index (χ0n) is 17.7. The van der Waals surface area contributed by atoms with Gasteiger partial charge in [-0.1, -0.05) is 24.3 Å². The Bertz CT molecular complexity index is 674. The second kappa shape index (κ2) is 8.44. The SMILES string of the molecule is CC(C)(C)OC(=O)NC(Cc1ccccc1[Si](C)(C)OC(C)(C)C)C(=O)O. The predicted octanol–water partition coefficient (Wildman–Crippen LogP) is 3.43. The van der Waals surface area contributed by atoms with Gasteiger partial charge in [0.2, 0.25) is 8.32 Å². The summed E-state index contributed by atoms with van der Waals surface area (Å²) in [6, 6.07) is 6.59. The van der Waals surface area contributed by atoms with E-state index in [1.54, 1.807) is 20.8 Å². The van der Waals surface area contributed by atoms with Crippen molar-refractivity contribution in [2.75, 3.05) is 0 Å². The van der Waals surface area contributed by atoms with E-state index in [1.165, 1.54) is 0 Å². The van der Waals surface area contributed by atoms with Crippen LogP contribution in [-0.4, -0.2) is 42.7 Å². The summed E-state index contributed by atoms with van der Waals surface area (Å²) < 4.78 is 11.5. The molecular weight excluding hydrogens is 362 g/mol. The Morgan fingerprint density at radius 1 is 1.07 bits per heavy atom. The second-order valence-electron chi connectivity index (χ2n) is 9.12. The topological polar surface area (TPSA) is 84.9 Å². The first-order valence-electron chi connectivity index (χ1n) is 9.11. The summed E-state index contributed by atoms with van der Waals surface area (Å²) in [6.45, 7) is 15.4. The molecule has 0 bridgehead atoms. The highest BCUT2D eigenvalue weighted by atomic mass is 28.4. The van der Waals surface area contributed by atoms with Crippen molar-refractivity contribution in [2.45, 2.75) is 78.3 Å². The van der Waals surface area contributed by atoms with Crippen LogP contribution in [0.15, 0.2) is 24.3 Å². The predicted molar refractivity (Wildman–Crippen MR) is 109 cm³/mol. The quantitative estimate of drug-likeness (QED) is 0.721. The van der Waals surface area contributed by atoms with Gasteiger partial charge in [-0.2, -0.15) is 0 Å². The fraction of sp³-hybridized carbons (Fsp3) is 0.600. The van der Waals surface area contributed by atoms with Crippen molar-refractivity contribution in [3.63, 3.8) is 0 Å². The molecule has 27 heavy (non-hydrogen) atoms. The summed E-state index contributed by atoms with van der Waals surface area (Å²) >= 11 is 0. The molecule has 0 saturated heterocycles. The van der Waals surface area contributed by atoms with Crippen LogP contribution in [0.4, 0.5) is 4.79 Å². The first-order chi connectivity index (χ1) is 12.1. The fourth-order valence-corrected chi connectivity index (χ4v) is 6.07. The van der Waals surface area contributed by atoms with Gasteiger partial charge < -0.3 is 19.6 Å². The van der Waals surface area contributed by atoms with Gasteiger partial charge in [0.1, 0.15) is 11.6 Å². The van der Waals surface area contributed by atoms with Gasteiger partial charge in [0.05, 0.1) is 0 Å². The molecule has 1 amide bonds. The standard InChI is InChI=1S/C20H33NO5Si/c1-19(2,3)25-18(24)21-15(17(22)23)13-14-11-9-10-12-16(14)27(7,8)26-20(4,5)6/h9-12,15H,13H2,1-8H3,(H,21,24)(H,22,23). The minimum atomic E-state index is -2.28. The molecule has 0 aromatic heterocycles. The molecule has 1 aromatic carbocycles. The van der Waals surface area contributed by atoms with Gasteiger partial charge in [0.25, 0.3) is 0 Å². The van der Waals surface area contributed by atoms with Crippen LogP contribution in [0.5, 0.6) is 0 Å². The molecule has 0 aliphatic rings. The lowest BCUT2D eigenvalue weighted by Crippen LogP contribution is -2.52. The zero-order valence-corrected chi connectivity index (χ0v) is 18.7. The number of aliphatic carboxylic acids is 1. The minimum Gasteiger partial charge on any atom is -0.480 e. The zero-order chi connectivity index (χ0) is 21.0. The number of carbonyl (C=O) groups excluding carboxylic acids is 1. The molecule has 1 atom stereocenters. The molecule has 0 fully saturated rings. The average molecular weight is 396 g/mol. The van der Waals surface area contributed by atoms with Gasteiger partial charge in [-0.25, -0.2) is 9.59 Å². The Hall–Kier alpha value is -1.86. The number of carboxylic acid groups (broad SMARTS) is 1. The third kappa shape index (κ3) is 8.13. The van der Waals surface area contributed by atoms with Gasteiger partial charge in [-0.3, -0.25) is 0 Å². The summed E-state index contributed by atoms with van der Waals surface area (Å²) in [5, 5.41) is 13.1. The molecule has 1 aromatic rings. The highest BCUT2D eigenvalue weighted by Gasteiger charge is 2.34. The van der Waals surface area contributed by atoms with Crippen LogP contribution in [0.3, 0.4) is 0 Å². The molecule has 1 rings (SSSR count). The van der Waals surface area contributed by atoms with E-state index in [2.05, 4.69) is 18.4 Å². The smallest absolute Gasteiger partial charge is 0.408 e. The number of hydrogen-bond acceptors (Lipinski definition) is 4. The lowest BCUT2D eigenvalue weighted by molar-refractivity contribution is -0.139. The molecule has 0 heterocycles. The number of ether oxygens (including phenoxy) is 1. The number of amides is 1. The number of nitrogens with one attached hydrogen (secondary N) is 1. The number of hydrogen-bond donors (Lipinski definition) is 2. The Morgan fingerprint density at radius 3 is 2.11 bits per heavy atom. The van der Waals surface area contributed by atoms with Gasteiger partial charge in [0.15, 0.2) is 0 Å². The van der Waals surface area contributed by atoms with Crippen LogP contribution in [0.25, 0.3) is 0 Å². The van der Waals surface area contributed by atoms with Gasteiger partial charge in [-0.05, 0) is 65.4 Å². The fourth-order valence-electron chi connectivity index (χ4n) is 2.98. The van der Waals surface area contributed by atoms with Crippen LogP contribution in [0.2, 0.25) is 13.1 Å². The largest absolute Gasteiger partial charge is 0.480 e. The molecule has 0 aliphatic carbocycles. The van der Waals surface area contributed by atoms with Crippen molar-refractivity contribution >= 4 is 25.6 Å². The number of rotatable bonds is 6. The van der Waals surface area contributed by atoms with Gasteiger partial charge in [0, 0.05) is 12.0 Å². The average Bonchev–Trinajstić information content (AvgIpc) is 2.42. The molecule has 152 valence electrons. The van der Waals surface area contributed by atoms with Crippen molar-refractivity contribution < 1.29 is 23.9 Å². The third-order valence-corrected chi connectivity index (χ3v) is 6.55. The summed E-state index contributed by atoms with van der Waals surface area (Å²) in [6.07, 6.45) is -0.580. The van der Waals surface area contributed by atoms with E-state index in [9.17, 15) is 14.7 Å². The number of benzene rings is 1. The van der Waals surface area contributed by atoms with E-state index >= 15 is 0 Å². The van der Waals surface area contributed by atoms with Crippen LogP contribution < -0.4 is 10.5 Å². The van der Waals surface area contributed by atoms with Crippen LogP contribution >= 0.6 is 0 Å². The number of carboxylic acids is 1. The first-order valence-corrected chi connectivity index (χ1v) is 12.0. The normalized spacial score (nSPS) is 13.8. The minimum absolute atomic E-state index is 0.161. The summed E-state index contributed by atoms with van der Waals surface area (Å²) in [5.41, 5.74) is -0.133. The number of carbonyl (C=O) groups is 2. The maximum atomic E-state index is 12.0. The van der Waals surface area contributed by atoms with Gasteiger partial charge >= 0.3 is 12.1 Å². The Morgan fingerprint density at radius 2 is 1.63 bits per heavy atom. The monoisotopic (exact) mass is 395 g/mol. The summed E-state index contributed by atoms with van der Waals surface area (Å²) in [5.74, 6) is -1.10. The Labute approximate surface area is 163 Å². The summed E-state index contributed by atoms with van der Waals surface area (Å²) in [4.78, 5) is 23.7. The molecule has 0 spiro atoms. The maximum Gasteiger partial charge on any atom is 0.408 e. The lowest BCUT2D eigenvalue weighted by atomic mass is 10.1. The number of alkyl carbamates (subject to hydrolysis) is 1. The van der Waals surface area contributed by atoms with E-state index in [1.807, 2.05) is 45.0 Å². The molecule has 0 radical (unpaired) electrons. The second-order valence-corrected chi connectivity index (χ2v) is 12.9. The molecule has 6 nitrogen and oxygen atoms in total. The van der Waals surface area contributed by atoms with Crippen LogP contribution in [-0.2, 0) is 20.4 Å². The Kier molecular flexibility index (Phi) is 7.24. The van der Waals surface area contributed by atoms with E-state index in [0.29, 0.717) is 0 Å². The highest BCUT2D eigenvalue weighted by molar-refractivity contribution is 6.84. The van der Waals surface area contributed by atoms with Crippen LogP contribution in [0, 0.1) is 0 Å². The van der Waals surface area contributed by atoms with E-state index in [4.69, 9.17) is 9.16 Å². The first kappa shape index (κ1) is 23.2. The highest BCUT2D eigenvalue weighted by Crippen LogP contribution is 2.19. The van der Waals surface area contributed by atoms with E-state index in [0.717, 1.165) is 10.8 Å². The van der Waals surface area contributed by atoms with Crippen LogP contribution in [0.1, 0.15) is 47.1 Å². The van der Waals surface area contributed by atoms with Crippen molar-refractivity contribution in [3.05, 3.63) is 29.8 Å². The third-order valence-electron chi connectivity index (χ3n) is 3.64. The summed E-state index contributed by atoms with van der Waals surface area (Å²) in [7, 11) is -2.28. The molecule has 7 heteroatoms. The molecular formula is C20H33NO5Si. The molecule has 0 saturated carbocycles. The lowest BCUT2D eigenvalue weighted by Gasteiger charge is -2.34. The van der Waals surface area contributed by atoms with E-state index in [-0.39, 0.29) is 12.0 Å². The molecule has 1 unspecified atom stereocenters. The molecule has 0 aliphatic heterocycles. The van der Waals surface area contributed by atoms with E-state index < -0.39 is 32.0 Å². The maximum absolute atomic E-state index is 12.0. The van der Waals surface area contributed by atoms with Gasteiger partial charge in [-0.15, -0.1) is 0 Å². The molecule has 2 N–H and O–H groups in total. The van der Waals surface area contributed by atoms with Crippen molar-refractivity contribution in [2.24, 2.45) is 0 Å². The van der Waals surface area contributed by atoms with Crippen molar-refractivity contribution in [1.82, 2.24) is 5.32 Å². The van der Waals surface area contributed by atoms with Crippen molar-refractivity contribution in [1.29, 1.82) is 0 Å². The Balaban J connectivity index is 3.08. The van der Waals surface area contributed by atoms with Crippen molar-refractivity contribution in [3.8, 4) is 0 Å².